The number of nitrogens with one attached hydrogen (secondary N) is 2. The van der Waals surface area contributed by atoms with E-state index < -0.39 is 0 Å². The molecule has 28 heavy (non-hydrogen) atoms. The number of anilines is 3. The first-order chi connectivity index (χ1) is 13.5. The van der Waals surface area contributed by atoms with E-state index in [9.17, 15) is 5.11 Å². The summed E-state index contributed by atoms with van der Waals surface area (Å²) in [5.41, 5.74) is 3.79. The number of pyridine rings is 1. The lowest BCUT2D eigenvalue weighted by molar-refractivity contribution is 0.248. The fourth-order valence-electron chi connectivity index (χ4n) is 2.71. The molecule has 0 bridgehead atoms. The van der Waals surface area contributed by atoms with E-state index in [0.29, 0.717) is 11.8 Å². The van der Waals surface area contributed by atoms with Crippen molar-refractivity contribution in [3.8, 4) is 11.3 Å². The van der Waals surface area contributed by atoms with Gasteiger partial charge in [0.2, 0.25) is 5.95 Å². The maximum Gasteiger partial charge on any atom is 0.225 e. The standard InChI is InChI=1S/C21H24BrN5O/c1-13(2)19(12-28)26-21-25-18(15-6-8-23-9-7-15)11-20(27-21)24-16-4-5-17(22)14(3)10-16/h4-11,13,19,28H,12H2,1-3H3,(H2,24,25,26,27)/t19-/m1/s1. The number of nitrogens with zero attached hydrogens (tertiary/aromatic N) is 3. The largest absolute Gasteiger partial charge is 0.394 e. The second kappa shape index (κ2) is 9.12. The zero-order valence-electron chi connectivity index (χ0n) is 16.1. The number of rotatable bonds is 7. The van der Waals surface area contributed by atoms with Gasteiger partial charge in [-0.05, 0) is 48.7 Å². The molecule has 0 radical (unpaired) electrons. The van der Waals surface area contributed by atoms with Crippen LogP contribution in [0.5, 0.6) is 0 Å². The first-order valence-corrected chi connectivity index (χ1v) is 9.95. The molecular formula is C21H24BrN5O. The summed E-state index contributed by atoms with van der Waals surface area (Å²) in [7, 11) is 0. The number of halogens is 1. The molecule has 146 valence electrons. The summed E-state index contributed by atoms with van der Waals surface area (Å²) in [5, 5.41) is 16.3. The van der Waals surface area contributed by atoms with Crippen molar-refractivity contribution in [2.45, 2.75) is 26.8 Å². The van der Waals surface area contributed by atoms with Crippen LogP contribution in [0.15, 0.2) is 53.3 Å². The Balaban J connectivity index is 1.97. The minimum Gasteiger partial charge on any atom is -0.394 e. The lowest BCUT2D eigenvalue weighted by Crippen LogP contribution is -2.30. The molecule has 2 heterocycles. The Morgan fingerprint density at radius 3 is 2.46 bits per heavy atom. The Morgan fingerprint density at radius 2 is 1.82 bits per heavy atom. The summed E-state index contributed by atoms with van der Waals surface area (Å²) in [6.45, 7) is 6.14. The molecule has 0 unspecified atom stereocenters. The molecule has 1 atom stereocenters. The van der Waals surface area contributed by atoms with Crippen molar-refractivity contribution in [2.24, 2.45) is 5.92 Å². The zero-order chi connectivity index (χ0) is 20.1. The predicted molar refractivity (Wildman–Crippen MR) is 117 cm³/mol. The van der Waals surface area contributed by atoms with Gasteiger partial charge < -0.3 is 15.7 Å². The Kier molecular flexibility index (Phi) is 6.59. The molecule has 3 aromatic rings. The molecule has 3 rings (SSSR count). The van der Waals surface area contributed by atoms with Crippen LogP contribution < -0.4 is 10.6 Å². The van der Waals surface area contributed by atoms with Crippen LogP contribution in [0.3, 0.4) is 0 Å². The average molecular weight is 442 g/mol. The molecule has 7 heteroatoms. The van der Waals surface area contributed by atoms with Crippen LogP contribution in [0, 0.1) is 12.8 Å². The molecular weight excluding hydrogens is 418 g/mol. The lowest BCUT2D eigenvalue weighted by atomic mass is 10.1. The van der Waals surface area contributed by atoms with E-state index in [1.807, 2.05) is 51.1 Å². The molecule has 0 fully saturated rings. The van der Waals surface area contributed by atoms with E-state index in [1.165, 1.54) is 0 Å². The van der Waals surface area contributed by atoms with Gasteiger partial charge in [0, 0.05) is 34.2 Å². The van der Waals surface area contributed by atoms with Crippen molar-refractivity contribution in [1.29, 1.82) is 0 Å². The maximum atomic E-state index is 9.66. The van der Waals surface area contributed by atoms with E-state index in [4.69, 9.17) is 0 Å². The number of aliphatic hydroxyl groups excluding tert-OH is 1. The SMILES string of the molecule is Cc1cc(Nc2cc(-c3ccncc3)nc(N[C@H](CO)C(C)C)n2)ccc1Br. The summed E-state index contributed by atoms with van der Waals surface area (Å²) >= 11 is 3.52. The third-order valence-electron chi connectivity index (χ3n) is 4.45. The van der Waals surface area contributed by atoms with Crippen LogP contribution in [0.4, 0.5) is 17.5 Å². The Hall–Kier alpha value is -2.51. The van der Waals surface area contributed by atoms with Gasteiger partial charge in [-0.2, -0.15) is 4.98 Å². The summed E-state index contributed by atoms with van der Waals surface area (Å²) in [5.74, 6) is 1.38. The van der Waals surface area contributed by atoms with Crippen molar-refractivity contribution >= 4 is 33.4 Å². The average Bonchev–Trinajstić information content (AvgIpc) is 2.69. The van der Waals surface area contributed by atoms with E-state index in [1.54, 1.807) is 12.4 Å². The van der Waals surface area contributed by atoms with E-state index in [0.717, 1.165) is 27.0 Å². The highest BCUT2D eigenvalue weighted by molar-refractivity contribution is 9.10. The Morgan fingerprint density at radius 1 is 1.07 bits per heavy atom. The van der Waals surface area contributed by atoms with Gasteiger partial charge in [0.15, 0.2) is 0 Å². The van der Waals surface area contributed by atoms with E-state index in [2.05, 4.69) is 47.6 Å². The van der Waals surface area contributed by atoms with Crippen LogP contribution in [-0.2, 0) is 0 Å². The zero-order valence-corrected chi connectivity index (χ0v) is 17.7. The van der Waals surface area contributed by atoms with E-state index in [-0.39, 0.29) is 18.6 Å². The molecule has 0 saturated heterocycles. The molecule has 0 aliphatic heterocycles. The van der Waals surface area contributed by atoms with Crippen molar-refractivity contribution in [3.63, 3.8) is 0 Å². The minimum atomic E-state index is -0.129. The number of benzene rings is 1. The predicted octanol–water partition coefficient (Wildman–Crippen LogP) is 4.78. The topological polar surface area (TPSA) is 83.0 Å². The number of aromatic nitrogens is 3. The van der Waals surface area contributed by atoms with Gasteiger partial charge in [0.25, 0.3) is 0 Å². The summed E-state index contributed by atoms with van der Waals surface area (Å²) in [6, 6.07) is 11.6. The molecule has 2 aromatic heterocycles. The first-order valence-electron chi connectivity index (χ1n) is 9.16. The van der Waals surface area contributed by atoms with E-state index >= 15 is 0 Å². The fourth-order valence-corrected chi connectivity index (χ4v) is 2.95. The highest BCUT2D eigenvalue weighted by Crippen LogP contribution is 2.26. The summed E-state index contributed by atoms with van der Waals surface area (Å²) < 4.78 is 1.06. The van der Waals surface area contributed by atoms with Crippen LogP contribution in [-0.4, -0.2) is 32.7 Å². The van der Waals surface area contributed by atoms with Gasteiger partial charge in [0.1, 0.15) is 5.82 Å². The van der Waals surface area contributed by atoms with Crippen LogP contribution in [0.2, 0.25) is 0 Å². The van der Waals surface area contributed by atoms with Crippen molar-refractivity contribution in [2.75, 3.05) is 17.2 Å². The molecule has 3 N–H and O–H groups in total. The maximum absolute atomic E-state index is 9.66. The monoisotopic (exact) mass is 441 g/mol. The quantitative estimate of drug-likeness (QED) is 0.489. The van der Waals surface area contributed by atoms with Gasteiger partial charge in [-0.3, -0.25) is 4.98 Å². The molecule has 6 nitrogen and oxygen atoms in total. The molecule has 0 amide bonds. The Bertz CT molecular complexity index is 933. The van der Waals surface area contributed by atoms with Crippen molar-refractivity contribution in [1.82, 2.24) is 15.0 Å². The smallest absolute Gasteiger partial charge is 0.225 e. The summed E-state index contributed by atoms with van der Waals surface area (Å²) in [6.07, 6.45) is 3.47. The normalized spacial score (nSPS) is 12.1. The number of hydrogen-bond donors (Lipinski definition) is 3. The number of aliphatic hydroxyl groups is 1. The van der Waals surface area contributed by atoms with Crippen molar-refractivity contribution in [3.05, 3.63) is 58.8 Å². The molecule has 0 spiro atoms. The first kappa shape index (κ1) is 20.2. The highest BCUT2D eigenvalue weighted by Gasteiger charge is 2.15. The summed E-state index contributed by atoms with van der Waals surface area (Å²) in [4.78, 5) is 13.3. The molecule has 0 aliphatic rings. The van der Waals surface area contributed by atoms with Gasteiger partial charge in [-0.25, -0.2) is 4.98 Å². The second-order valence-corrected chi connectivity index (χ2v) is 7.82. The van der Waals surface area contributed by atoms with Gasteiger partial charge in [-0.1, -0.05) is 29.8 Å². The molecule has 0 saturated carbocycles. The van der Waals surface area contributed by atoms with Gasteiger partial charge in [0.05, 0.1) is 18.3 Å². The highest BCUT2D eigenvalue weighted by atomic mass is 79.9. The number of aryl methyl sites for hydroxylation is 1. The van der Waals surface area contributed by atoms with Crippen molar-refractivity contribution < 1.29 is 5.11 Å². The third-order valence-corrected chi connectivity index (χ3v) is 5.34. The third kappa shape index (κ3) is 5.05. The fraction of sp³-hybridized carbons (Fsp3) is 0.286. The number of hydrogen-bond acceptors (Lipinski definition) is 6. The minimum absolute atomic E-state index is 0.00911. The van der Waals surface area contributed by atoms with Gasteiger partial charge >= 0.3 is 0 Å². The second-order valence-electron chi connectivity index (χ2n) is 6.96. The van der Waals surface area contributed by atoms with Crippen LogP contribution >= 0.6 is 15.9 Å². The lowest BCUT2D eigenvalue weighted by Gasteiger charge is -2.20. The van der Waals surface area contributed by atoms with Crippen LogP contribution in [0.1, 0.15) is 19.4 Å². The van der Waals surface area contributed by atoms with Crippen LogP contribution in [0.25, 0.3) is 11.3 Å². The molecule has 1 aromatic carbocycles. The van der Waals surface area contributed by atoms with Gasteiger partial charge in [-0.15, -0.1) is 0 Å². The Labute approximate surface area is 173 Å². The molecule has 0 aliphatic carbocycles.